The SMILES string of the molecule is O=c1[nH]ncc(NCCC2CCCC2)c1Br. The van der Waals surface area contributed by atoms with Crippen LogP contribution >= 0.6 is 15.9 Å². The highest BCUT2D eigenvalue weighted by Gasteiger charge is 2.14. The van der Waals surface area contributed by atoms with E-state index in [4.69, 9.17) is 0 Å². The lowest BCUT2D eigenvalue weighted by Crippen LogP contribution is -2.14. The summed E-state index contributed by atoms with van der Waals surface area (Å²) >= 11 is 3.25. The van der Waals surface area contributed by atoms with Crippen LogP contribution in [0.1, 0.15) is 32.1 Å². The second-order valence-electron chi connectivity index (χ2n) is 4.29. The molecule has 88 valence electrons. The maximum atomic E-state index is 11.3. The van der Waals surface area contributed by atoms with E-state index in [9.17, 15) is 4.79 Å². The number of aromatic amines is 1. The summed E-state index contributed by atoms with van der Waals surface area (Å²) < 4.78 is 0.536. The molecule has 0 bridgehead atoms. The summed E-state index contributed by atoms with van der Waals surface area (Å²) in [6.07, 6.45) is 8.29. The van der Waals surface area contributed by atoms with Gasteiger partial charge >= 0.3 is 0 Å². The number of rotatable bonds is 4. The first-order chi connectivity index (χ1) is 7.77. The molecule has 0 aromatic carbocycles. The molecule has 1 aromatic heterocycles. The highest BCUT2D eigenvalue weighted by molar-refractivity contribution is 9.10. The molecule has 0 saturated heterocycles. The monoisotopic (exact) mass is 285 g/mol. The molecule has 1 aromatic rings. The van der Waals surface area contributed by atoms with Gasteiger partial charge in [0.1, 0.15) is 4.47 Å². The molecule has 0 amide bonds. The molecule has 1 fully saturated rings. The van der Waals surface area contributed by atoms with Crippen LogP contribution in [0.2, 0.25) is 0 Å². The zero-order valence-corrected chi connectivity index (χ0v) is 10.7. The van der Waals surface area contributed by atoms with Crippen molar-refractivity contribution in [1.82, 2.24) is 10.2 Å². The molecular formula is C11H16BrN3O. The fourth-order valence-electron chi connectivity index (χ4n) is 2.22. The van der Waals surface area contributed by atoms with E-state index in [-0.39, 0.29) is 5.56 Å². The van der Waals surface area contributed by atoms with E-state index in [0.29, 0.717) is 4.47 Å². The number of H-pyrrole nitrogens is 1. The normalized spacial score (nSPS) is 16.6. The molecule has 16 heavy (non-hydrogen) atoms. The number of nitrogens with zero attached hydrogens (tertiary/aromatic N) is 1. The van der Waals surface area contributed by atoms with Gasteiger partial charge in [-0.05, 0) is 28.3 Å². The van der Waals surface area contributed by atoms with Crippen LogP contribution in [0, 0.1) is 5.92 Å². The van der Waals surface area contributed by atoms with E-state index in [1.54, 1.807) is 6.20 Å². The van der Waals surface area contributed by atoms with Gasteiger partial charge in [0.25, 0.3) is 5.56 Å². The van der Waals surface area contributed by atoms with Gasteiger partial charge in [0.15, 0.2) is 0 Å². The molecule has 0 aliphatic heterocycles. The third-order valence-electron chi connectivity index (χ3n) is 3.14. The van der Waals surface area contributed by atoms with E-state index in [2.05, 4.69) is 31.4 Å². The van der Waals surface area contributed by atoms with Crippen molar-refractivity contribution in [2.75, 3.05) is 11.9 Å². The zero-order chi connectivity index (χ0) is 11.4. The van der Waals surface area contributed by atoms with Crippen LogP contribution in [-0.2, 0) is 0 Å². The largest absolute Gasteiger partial charge is 0.383 e. The van der Waals surface area contributed by atoms with Crippen molar-refractivity contribution < 1.29 is 0 Å². The third kappa shape index (κ3) is 2.84. The van der Waals surface area contributed by atoms with Crippen molar-refractivity contribution in [3.05, 3.63) is 21.0 Å². The molecule has 0 unspecified atom stereocenters. The van der Waals surface area contributed by atoms with Crippen LogP contribution in [0.3, 0.4) is 0 Å². The number of hydrogen-bond acceptors (Lipinski definition) is 3. The van der Waals surface area contributed by atoms with Crippen molar-refractivity contribution in [2.45, 2.75) is 32.1 Å². The fraction of sp³-hybridized carbons (Fsp3) is 0.636. The highest BCUT2D eigenvalue weighted by atomic mass is 79.9. The summed E-state index contributed by atoms with van der Waals surface area (Å²) in [7, 11) is 0. The first kappa shape index (κ1) is 11.6. The minimum Gasteiger partial charge on any atom is -0.383 e. The Bertz CT molecular complexity index is 398. The fourth-order valence-corrected chi connectivity index (χ4v) is 2.55. The van der Waals surface area contributed by atoms with E-state index in [1.165, 1.54) is 32.1 Å². The zero-order valence-electron chi connectivity index (χ0n) is 9.13. The summed E-state index contributed by atoms with van der Waals surface area (Å²) in [5, 5.41) is 9.40. The Morgan fingerprint density at radius 1 is 1.50 bits per heavy atom. The maximum absolute atomic E-state index is 11.3. The molecule has 0 radical (unpaired) electrons. The van der Waals surface area contributed by atoms with Gasteiger partial charge in [0, 0.05) is 6.54 Å². The molecule has 1 saturated carbocycles. The average Bonchev–Trinajstić information content (AvgIpc) is 2.77. The molecule has 0 atom stereocenters. The highest BCUT2D eigenvalue weighted by Crippen LogP contribution is 2.27. The van der Waals surface area contributed by atoms with Gasteiger partial charge < -0.3 is 5.32 Å². The van der Waals surface area contributed by atoms with Gasteiger partial charge in [0.2, 0.25) is 0 Å². The van der Waals surface area contributed by atoms with E-state index in [1.807, 2.05) is 0 Å². The summed E-state index contributed by atoms with van der Waals surface area (Å²) in [6, 6.07) is 0. The minimum absolute atomic E-state index is 0.189. The Kier molecular flexibility index (Phi) is 3.98. The first-order valence-corrected chi connectivity index (χ1v) is 6.53. The van der Waals surface area contributed by atoms with Gasteiger partial charge in [-0.15, -0.1) is 0 Å². The molecule has 2 N–H and O–H groups in total. The van der Waals surface area contributed by atoms with Crippen LogP contribution in [0.5, 0.6) is 0 Å². The lowest BCUT2D eigenvalue weighted by molar-refractivity contribution is 0.518. The van der Waals surface area contributed by atoms with Crippen molar-refractivity contribution in [3.63, 3.8) is 0 Å². The van der Waals surface area contributed by atoms with Crippen molar-refractivity contribution >= 4 is 21.6 Å². The Hall–Kier alpha value is -0.840. The molecule has 0 spiro atoms. The number of halogens is 1. The number of anilines is 1. The summed E-state index contributed by atoms with van der Waals surface area (Å²) in [6.45, 7) is 0.911. The van der Waals surface area contributed by atoms with Gasteiger partial charge in [-0.25, -0.2) is 5.10 Å². The Balaban J connectivity index is 1.84. The van der Waals surface area contributed by atoms with Gasteiger partial charge in [-0.3, -0.25) is 4.79 Å². The van der Waals surface area contributed by atoms with Crippen LogP contribution in [0.4, 0.5) is 5.69 Å². The standard InChI is InChI=1S/C11H16BrN3O/c12-10-9(7-14-15-11(10)16)13-6-5-8-3-1-2-4-8/h7-8H,1-6H2,(H2,13,15,16). The number of aromatic nitrogens is 2. The smallest absolute Gasteiger partial charge is 0.280 e. The second kappa shape index (κ2) is 5.48. The van der Waals surface area contributed by atoms with Crippen molar-refractivity contribution in [1.29, 1.82) is 0 Å². The van der Waals surface area contributed by atoms with Crippen molar-refractivity contribution in [2.24, 2.45) is 5.92 Å². The van der Waals surface area contributed by atoms with E-state index >= 15 is 0 Å². The van der Waals surface area contributed by atoms with Crippen LogP contribution in [0.25, 0.3) is 0 Å². The molecule has 1 heterocycles. The van der Waals surface area contributed by atoms with Crippen LogP contribution in [0.15, 0.2) is 15.5 Å². The summed E-state index contributed by atoms with van der Waals surface area (Å²) in [5.74, 6) is 0.862. The maximum Gasteiger partial charge on any atom is 0.280 e. The molecular weight excluding hydrogens is 270 g/mol. The van der Waals surface area contributed by atoms with Gasteiger partial charge in [-0.2, -0.15) is 5.10 Å². The minimum atomic E-state index is -0.189. The lowest BCUT2D eigenvalue weighted by atomic mass is 10.0. The van der Waals surface area contributed by atoms with Crippen LogP contribution in [-0.4, -0.2) is 16.7 Å². The predicted molar refractivity (Wildman–Crippen MR) is 67.6 cm³/mol. The summed E-state index contributed by atoms with van der Waals surface area (Å²) in [4.78, 5) is 11.3. The Morgan fingerprint density at radius 2 is 2.25 bits per heavy atom. The topological polar surface area (TPSA) is 57.8 Å². The Morgan fingerprint density at radius 3 is 3.00 bits per heavy atom. The van der Waals surface area contributed by atoms with Gasteiger partial charge in [0.05, 0.1) is 11.9 Å². The third-order valence-corrected chi connectivity index (χ3v) is 3.93. The van der Waals surface area contributed by atoms with Crippen molar-refractivity contribution in [3.8, 4) is 0 Å². The van der Waals surface area contributed by atoms with E-state index in [0.717, 1.165) is 18.2 Å². The number of nitrogens with one attached hydrogen (secondary N) is 2. The number of hydrogen-bond donors (Lipinski definition) is 2. The average molecular weight is 286 g/mol. The molecule has 5 heteroatoms. The summed E-state index contributed by atoms with van der Waals surface area (Å²) in [5.41, 5.74) is 0.590. The molecule has 1 aliphatic rings. The van der Waals surface area contributed by atoms with Gasteiger partial charge in [-0.1, -0.05) is 25.7 Å². The lowest BCUT2D eigenvalue weighted by Gasteiger charge is -2.10. The molecule has 4 nitrogen and oxygen atoms in total. The predicted octanol–water partition coefficient (Wildman–Crippen LogP) is 2.52. The second-order valence-corrected chi connectivity index (χ2v) is 5.09. The molecule has 2 rings (SSSR count). The first-order valence-electron chi connectivity index (χ1n) is 5.74. The van der Waals surface area contributed by atoms with E-state index < -0.39 is 0 Å². The Labute approximate surface area is 103 Å². The quantitative estimate of drug-likeness (QED) is 0.894. The molecule has 1 aliphatic carbocycles. The van der Waals surface area contributed by atoms with Crippen LogP contribution < -0.4 is 10.9 Å².